The number of nitrogens with zero attached hydrogens (tertiary/aromatic N) is 2. The Labute approximate surface area is 101 Å². The molecule has 2 aromatic rings. The summed E-state index contributed by atoms with van der Waals surface area (Å²) >= 11 is 5.35. The summed E-state index contributed by atoms with van der Waals surface area (Å²) in [5, 5.41) is 0. The monoisotopic (exact) mass is 344 g/mol. The van der Waals surface area contributed by atoms with Gasteiger partial charge in [0.2, 0.25) is 0 Å². The van der Waals surface area contributed by atoms with E-state index in [2.05, 4.69) is 59.5 Å². The van der Waals surface area contributed by atoms with E-state index < -0.39 is 0 Å². The third kappa shape index (κ3) is 2.66. The summed E-state index contributed by atoms with van der Waals surface area (Å²) in [5.74, 6) is 0. The number of aryl methyl sites for hydroxylation is 1. The van der Waals surface area contributed by atoms with Crippen LogP contribution in [0.3, 0.4) is 0 Å². The van der Waals surface area contributed by atoms with Crippen LogP contribution in [0.4, 0.5) is 0 Å². The average Bonchev–Trinajstić information content (AvgIpc) is 2.66. The van der Waals surface area contributed by atoms with Gasteiger partial charge in [-0.15, -0.1) is 12.1 Å². The van der Waals surface area contributed by atoms with Crippen LogP contribution in [0.15, 0.2) is 24.3 Å². The summed E-state index contributed by atoms with van der Waals surface area (Å²) in [5.41, 5.74) is 2.21. The molecule has 0 atom stereocenters. The Morgan fingerprint density at radius 3 is 2.86 bits per heavy atom. The van der Waals surface area contributed by atoms with Gasteiger partial charge in [-0.2, -0.15) is 0 Å². The second kappa shape index (κ2) is 6.34. The van der Waals surface area contributed by atoms with Crippen LogP contribution in [0.5, 0.6) is 0 Å². The molecule has 0 amide bonds. The van der Waals surface area contributed by atoms with Crippen LogP contribution in [0, 0.1) is 6.33 Å². The van der Waals surface area contributed by atoms with Crippen molar-refractivity contribution < 1.29 is 17.2 Å². The molecule has 0 unspecified atom stereocenters. The van der Waals surface area contributed by atoms with Crippen molar-refractivity contribution in [3.63, 3.8) is 0 Å². The quantitative estimate of drug-likeness (QED) is 0.604. The van der Waals surface area contributed by atoms with Gasteiger partial charge in [0.1, 0.15) is 0 Å². The molecule has 78 valence electrons. The molecule has 4 heteroatoms. The van der Waals surface area contributed by atoms with Crippen molar-refractivity contribution in [3.05, 3.63) is 30.6 Å². The molecular formula is C10H11BrN2Pd. The van der Waals surface area contributed by atoms with Crippen molar-refractivity contribution in [2.45, 2.75) is 19.9 Å². The van der Waals surface area contributed by atoms with Gasteiger partial charge in [0.05, 0.1) is 0 Å². The number of halogens is 1. The zero-order valence-electron chi connectivity index (χ0n) is 7.81. The van der Waals surface area contributed by atoms with E-state index in [4.69, 9.17) is 0 Å². The van der Waals surface area contributed by atoms with Crippen molar-refractivity contribution in [1.82, 2.24) is 9.55 Å². The maximum atomic E-state index is 4.18. The van der Waals surface area contributed by atoms with Crippen LogP contribution in [-0.2, 0) is 23.7 Å². The summed E-state index contributed by atoms with van der Waals surface area (Å²) in [4.78, 5) is 4.18. The first-order valence-electron chi connectivity index (χ1n) is 4.36. The molecule has 0 aliphatic rings. The predicted octanol–water partition coefficient (Wildman–Crippen LogP) is 3.09. The zero-order valence-corrected chi connectivity index (χ0v) is 11.0. The van der Waals surface area contributed by atoms with E-state index in [1.807, 2.05) is 18.2 Å². The number of rotatable bonds is 2. The molecule has 0 radical (unpaired) electrons. The SMILES string of the molecule is CCCn1[c-]nc2ccccc21.[Br][Pd+]. The van der Waals surface area contributed by atoms with Crippen LogP contribution >= 0.6 is 13.4 Å². The van der Waals surface area contributed by atoms with Crippen LogP contribution in [0.25, 0.3) is 11.0 Å². The molecule has 0 fully saturated rings. The van der Waals surface area contributed by atoms with E-state index in [0.717, 1.165) is 18.5 Å². The zero-order chi connectivity index (χ0) is 10.4. The van der Waals surface area contributed by atoms with Gasteiger partial charge in [0.15, 0.2) is 0 Å². The predicted molar refractivity (Wildman–Crippen MR) is 57.8 cm³/mol. The van der Waals surface area contributed by atoms with Gasteiger partial charge in [-0.05, 0) is 13.0 Å². The number of fused-ring (bicyclic) bond motifs is 1. The van der Waals surface area contributed by atoms with E-state index in [9.17, 15) is 0 Å². The first kappa shape index (κ1) is 11.9. The third-order valence-corrected chi connectivity index (χ3v) is 1.91. The molecule has 0 aliphatic carbocycles. The second-order valence-corrected chi connectivity index (χ2v) is 2.85. The van der Waals surface area contributed by atoms with Crippen molar-refractivity contribution in [3.8, 4) is 0 Å². The molecule has 0 N–H and O–H groups in total. The van der Waals surface area contributed by atoms with E-state index in [-0.39, 0.29) is 0 Å². The number of hydrogen-bond donors (Lipinski definition) is 0. The molecule has 1 heterocycles. The molecule has 0 spiro atoms. The van der Waals surface area contributed by atoms with E-state index in [1.54, 1.807) is 0 Å². The van der Waals surface area contributed by atoms with E-state index in [0.29, 0.717) is 0 Å². The van der Waals surface area contributed by atoms with Gasteiger partial charge < -0.3 is 9.55 Å². The standard InChI is InChI=1S/C10H11N2.BrH.Pd/c1-2-7-12-8-11-9-5-3-4-6-10(9)12;;/h3-6H,2,7H2,1H3;1H;/q-1;;+2/p-1. The molecule has 2 nitrogen and oxygen atoms in total. The van der Waals surface area contributed by atoms with Crippen molar-refractivity contribution in [2.75, 3.05) is 0 Å². The Bertz CT molecular complexity index is 386. The van der Waals surface area contributed by atoms with Crippen LogP contribution in [0.2, 0.25) is 0 Å². The van der Waals surface area contributed by atoms with E-state index in [1.165, 1.54) is 5.52 Å². The van der Waals surface area contributed by atoms with Gasteiger partial charge in [0.25, 0.3) is 0 Å². The topological polar surface area (TPSA) is 17.8 Å². The fourth-order valence-electron chi connectivity index (χ4n) is 1.35. The van der Waals surface area contributed by atoms with Gasteiger partial charge >= 0.3 is 30.6 Å². The summed E-state index contributed by atoms with van der Waals surface area (Å²) < 4.78 is 2.06. The summed E-state index contributed by atoms with van der Waals surface area (Å²) in [6.07, 6.45) is 4.10. The fourth-order valence-corrected chi connectivity index (χ4v) is 1.35. The molecule has 0 aliphatic heterocycles. The summed E-state index contributed by atoms with van der Waals surface area (Å²) in [6, 6.07) is 8.12. The van der Waals surface area contributed by atoms with E-state index >= 15 is 0 Å². The normalized spacial score (nSPS) is 9.71. The fraction of sp³-hybridized carbons (Fsp3) is 0.300. The first-order chi connectivity index (χ1) is 6.92. The Morgan fingerprint density at radius 2 is 2.14 bits per heavy atom. The van der Waals surface area contributed by atoms with Crippen molar-refractivity contribution in [2.24, 2.45) is 0 Å². The minimum absolute atomic E-state index is 1.00. The number of benzene rings is 1. The number of imidazole rings is 1. The number of aromatic nitrogens is 2. The second-order valence-electron chi connectivity index (χ2n) is 2.85. The molecule has 1 aromatic carbocycles. The molecule has 0 bridgehead atoms. The van der Waals surface area contributed by atoms with Gasteiger partial charge in [0, 0.05) is 6.33 Å². The molecule has 14 heavy (non-hydrogen) atoms. The van der Waals surface area contributed by atoms with Gasteiger partial charge in [-0.1, -0.05) is 30.1 Å². The summed E-state index contributed by atoms with van der Waals surface area (Å²) in [6.45, 7) is 3.16. The molecule has 1 aromatic heterocycles. The maximum absolute atomic E-state index is 4.18. The Kier molecular flexibility index (Phi) is 5.39. The first-order valence-corrected chi connectivity index (χ1v) is 7.92. The third-order valence-electron chi connectivity index (χ3n) is 1.91. The van der Waals surface area contributed by atoms with Crippen LogP contribution < -0.4 is 0 Å². The molecule has 0 saturated heterocycles. The summed E-state index contributed by atoms with van der Waals surface area (Å²) in [7, 11) is 0. The average molecular weight is 346 g/mol. The minimum atomic E-state index is 1.00. The Morgan fingerprint density at radius 1 is 1.43 bits per heavy atom. The Hall–Kier alpha value is -0.168. The molecular weight excluding hydrogens is 334 g/mol. The van der Waals surface area contributed by atoms with Crippen molar-refractivity contribution in [1.29, 1.82) is 0 Å². The van der Waals surface area contributed by atoms with Gasteiger partial charge in [-0.3, -0.25) is 0 Å². The molecule has 0 saturated carbocycles. The van der Waals surface area contributed by atoms with Crippen LogP contribution in [-0.4, -0.2) is 9.55 Å². The van der Waals surface area contributed by atoms with Gasteiger partial charge in [-0.25, -0.2) is 0 Å². The van der Waals surface area contributed by atoms with Crippen LogP contribution in [0.1, 0.15) is 13.3 Å². The van der Waals surface area contributed by atoms with Crippen molar-refractivity contribution >= 4 is 24.5 Å². The number of para-hydroxylation sites is 2. The number of hydrogen-bond acceptors (Lipinski definition) is 1. The molecule has 2 rings (SSSR count). The Balaban J connectivity index is 0.000000461.